The second-order valence-electron chi connectivity index (χ2n) is 1.75. The van der Waals surface area contributed by atoms with Gasteiger partial charge in [-0.2, -0.15) is 0 Å². The van der Waals surface area contributed by atoms with Crippen LogP contribution < -0.4 is 21.2 Å². The van der Waals surface area contributed by atoms with Crippen LogP contribution in [0.3, 0.4) is 0 Å². The summed E-state index contributed by atoms with van der Waals surface area (Å²) in [5.41, 5.74) is 0. The Morgan fingerprint density at radius 2 is 2.00 bits per heavy atom. The Kier molecular flexibility index (Phi) is 2.59. The fourth-order valence-electron chi connectivity index (χ4n) is 0.624. The van der Waals surface area contributed by atoms with Gasteiger partial charge in [0.15, 0.2) is 0 Å². The first kappa shape index (κ1) is 7.91. The summed E-state index contributed by atoms with van der Waals surface area (Å²) in [6, 6.07) is 3.73. The van der Waals surface area contributed by atoms with Crippen molar-refractivity contribution in [2.75, 3.05) is 4.93 Å². The van der Waals surface area contributed by atoms with Gasteiger partial charge >= 0.3 is 68.3 Å². The Bertz CT molecular complexity index is 235. The molecule has 1 aromatic carbocycles. The Hall–Kier alpha value is -0.190. The summed E-state index contributed by atoms with van der Waals surface area (Å²) >= 11 is -0.267. The van der Waals surface area contributed by atoms with Crippen LogP contribution in [0.1, 0.15) is 0 Å². The monoisotopic (exact) mass is 255 g/mol. The van der Waals surface area contributed by atoms with E-state index in [-0.39, 0.29) is 21.2 Å². The van der Waals surface area contributed by atoms with Crippen molar-refractivity contribution >= 4 is 0 Å². The second kappa shape index (κ2) is 3.27. The van der Waals surface area contributed by atoms with E-state index < -0.39 is 11.6 Å². The molecule has 0 unspecified atom stereocenters. The predicted molar refractivity (Wildman–Crippen MR) is 31.0 cm³/mol. The van der Waals surface area contributed by atoms with E-state index >= 15 is 0 Å². The molecule has 56 valence electrons. The molecule has 1 rings (SSSR count). The van der Waals surface area contributed by atoms with Gasteiger partial charge in [0, 0.05) is 0 Å². The Labute approximate surface area is 68.5 Å². The number of halogens is 3. The molecule has 3 heteroatoms. The predicted octanol–water partition coefficient (Wildman–Crippen LogP) is -1.15. The summed E-state index contributed by atoms with van der Waals surface area (Å²) in [6.07, 6.45) is 0. The normalized spacial score (nSPS) is 10.3. The quantitative estimate of drug-likeness (QED) is 0.338. The van der Waals surface area contributed by atoms with Crippen LogP contribution in [0.2, 0.25) is 0 Å². The van der Waals surface area contributed by atoms with Gasteiger partial charge in [-0.3, -0.25) is 0 Å². The topological polar surface area (TPSA) is 0 Å². The van der Waals surface area contributed by atoms with Crippen LogP contribution in [0.5, 0.6) is 0 Å². The van der Waals surface area contributed by atoms with Crippen molar-refractivity contribution in [3.8, 4) is 0 Å². The van der Waals surface area contributed by atoms with Gasteiger partial charge in [0.05, 0.1) is 0 Å². The SMILES string of the molecule is C[I-]c1ccc(F)cc1F. The fraction of sp³-hybridized carbons (Fsp3) is 0.143. The van der Waals surface area contributed by atoms with E-state index in [4.69, 9.17) is 0 Å². The maximum atomic E-state index is 12.6. The Morgan fingerprint density at radius 3 is 2.50 bits per heavy atom. The summed E-state index contributed by atoms with van der Waals surface area (Å²) in [4.78, 5) is 1.94. The van der Waals surface area contributed by atoms with E-state index in [1.54, 1.807) is 0 Å². The summed E-state index contributed by atoms with van der Waals surface area (Å²) in [7, 11) is 0. The molecule has 0 spiro atoms. The Balaban J connectivity index is 3.07. The van der Waals surface area contributed by atoms with Gasteiger partial charge in [0.1, 0.15) is 0 Å². The molecular weight excluding hydrogens is 249 g/mol. The van der Waals surface area contributed by atoms with Crippen molar-refractivity contribution < 1.29 is 30.0 Å². The summed E-state index contributed by atoms with van der Waals surface area (Å²) < 4.78 is 25.6. The summed E-state index contributed by atoms with van der Waals surface area (Å²) in [6.45, 7) is 0. The first-order valence-corrected chi connectivity index (χ1v) is 5.92. The number of alkyl halides is 1. The third kappa shape index (κ3) is 1.65. The molecule has 0 heterocycles. The average Bonchev–Trinajstić information content (AvgIpc) is 1.88. The van der Waals surface area contributed by atoms with Gasteiger partial charge in [0.2, 0.25) is 0 Å². The third-order valence-corrected chi connectivity index (χ3v) is 3.12. The van der Waals surface area contributed by atoms with Crippen LogP contribution in [-0.4, -0.2) is 4.93 Å². The van der Waals surface area contributed by atoms with Crippen molar-refractivity contribution in [1.82, 2.24) is 0 Å². The van der Waals surface area contributed by atoms with Crippen LogP contribution in [-0.2, 0) is 0 Å². The molecule has 0 N–H and O–H groups in total. The Morgan fingerprint density at radius 1 is 1.30 bits per heavy atom. The number of benzene rings is 1. The number of hydrogen-bond donors (Lipinski definition) is 0. The third-order valence-electron chi connectivity index (χ3n) is 1.09. The zero-order valence-electron chi connectivity index (χ0n) is 5.37. The molecule has 0 radical (unpaired) electrons. The first-order valence-electron chi connectivity index (χ1n) is 2.68. The molecule has 0 nitrogen and oxygen atoms in total. The van der Waals surface area contributed by atoms with Gasteiger partial charge in [0.25, 0.3) is 0 Å². The van der Waals surface area contributed by atoms with Crippen LogP contribution in [0.25, 0.3) is 0 Å². The minimum absolute atomic E-state index is 0.267. The summed E-state index contributed by atoms with van der Waals surface area (Å²) in [5, 5.41) is 0. The molecule has 0 aliphatic rings. The molecule has 0 aliphatic heterocycles. The van der Waals surface area contributed by atoms with E-state index in [0.29, 0.717) is 3.57 Å². The molecule has 0 bridgehead atoms. The second-order valence-corrected chi connectivity index (χ2v) is 3.99. The number of rotatable bonds is 1. The van der Waals surface area contributed by atoms with Crippen molar-refractivity contribution in [2.45, 2.75) is 0 Å². The van der Waals surface area contributed by atoms with E-state index in [9.17, 15) is 8.78 Å². The van der Waals surface area contributed by atoms with Crippen molar-refractivity contribution in [1.29, 1.82) is 0 Å². The average molecular weight is 255 g/mol. The van der Waals surface area contributed by atoms with Gasteiger partial charge in [-0.25, -0.2) is 0 Å². The molecule has 0 amide bonds. The van der Waals surface area contributed by atoms with Crippen molar-refractivity contribution in [3.63, 3.8) is 0 Å². The van der Waals surface area contributed by atoms with Gasteiger partial charge < -0.3 is 0 Å². The zero-order chi connectivity index (χ0) is 7.56. The molecule has 10 heavy (non-hydrogen) atoms. The van der Waals surface area contributed by atoms with Crippen molar-refractivity contribution in [2.24, 2.45) is 0 Å². The van der Waals surface area contributed by atoms with Gasteiger partial charge in [-0.05, 0) is 0 Å². The standard InChI is InChI=1S/C7H6F2I/c1-10-7-3-2-5(8)4-6(7)9/h2-4H,1H3/q-1. The molecule has 0 aliphatic carbocycles. The molecule has 0 aromatic heterocycles. The van der Waals surface area contributed by atoms with Crippen LogP contribution in [0.4, 0.5) is 8.78 Å². The van der Waals surface area contributed by atoms with Gasteiger partial charge in [-0.15, -0.1) is 0 Å². The van der Waals surface area contributed by atoms with Crippen LogP contribution in [0.15, 0.2) is 18.2 Å². The fourth-order valence-corrected chi connectivity index (χ4v) is 1.83. The molecule has 1 aromatic rings. The van der Waals surface area contributed by atoms with Crippen molar-refractivity contribution in [3.05, 3.63) is 33.4 Å². The molecular formula is C7H6F2I-. The minimum atomic E-state index is -0.501. The van der Waals surface area contributed by atoms with E-state index in [2.05, 4.69) is 0 Å². The molecule has 0 atom stereocenters. The van der Waals surface area contributed by atoms with E-state index in [0.717, 1.165) is 6.07 Å². The first-order chi connectivity index (χ1) is 4.74. The van der Waals surface area contributed by atoms with Crippen LogP contribution >= 0.6 is 0 Å². The number of hydrogen-bond acceptors (Lipinski definition) is 0. The maximum absolute atomic E-state index is 12.6. The zero-order valence-corrected chi connectivity index (χ0v) is 7.52. The molecule has 0 fully saturated rings. The molecule has 0 saturated carbocycles. The van der Waals surface area contributed by atoms with E-state index in [1.807, 2.05) is 4.93 Å². The van der Waals surface area contributed by atoms with Gasteiger partial charge in [-0.1, -0.05) is 0 Å². The van der Waals surface area contributed by atoms with Crippen LogP contribution in [0, 0.1) is 15.2 Å². The van der Waals surface area contributed by atoms with E-state index in [1.165, 1.54) is 12.1 Å². The molecule has 0 saturated heterocycles. The summed E-state index contributed by atoms with van der Waals surface area (Å²) in [5.74, 6) is -0.908.